The van der Waals surface area contributed by atoms with Crippen molar-refractivity contribution in [2.45, 2.75) is 46.3 Å². The zero-order valence-corrected chi connectivity index (χ0v) is 20.6. The second-order valence-electron chi connectivity index (χ2n) is 6.58. The van der Waals surface area contributed by atoms with Gasteiger partial charge in [-0.25, -0.2) is 4.79 Å². The number of methoxy groups -OCH3 is 2. The summed E-state index contributed by atoms with van der Waals surface area (Å²) in [6.45, 7) is 8.92. The van der Waals surface area contributed by atoms with Crippen LogP contribution < -0.4 is 14.8 Å². The highest BCUT2D eigenvalue weighted by molar-refractivity contribution is 6.60. The Balaban J connectivity index is 2.74. The Hall–Kier alpha value is -2.41. The van der Waals surface area contributed by atoms with Gasteiger partial charge in [-0.1, -0.05) is 0 Å². The topological polar surface area (TPSA) is 128 Å². The van der Waals surface area contributed by atoms with E-state index in [1.54, 1.807) is 6.92 Å². The van der Waals surface area contributed by atoms with Crippen LogP contribution in [0.1, 0.15) is 45.8 Å². The van der Waals surface area contributed by atoms with Crippen molar-refractivity contribution in [3.05, 3.63) is 27.8 Å². The molecule has 1 amide bonds. The van der Waals surface area contributed by atoms with E-state index in [0.29, 0.717) is 44.6 Å². The predicted molar refractivity (Wildman–Crippen MR) is 119 cm³/mol. The van der Waals surface area contributed by atoms with Gasteiger partial charge in [0.05, 0.1) is 30.8 Å². The molecule has 0 aliphatic heterocycles. The maximum atomic E-state index is 12.2. The van der Waals surface area contributed by atoms with Crippen LogP contribution in [0.5, 0.6) is 11.5 Å². The summed E-state index contributed by atoms with van der Waals surface area (Å²) in [7, 11) is 0.0175. The molecule has 0 aliphatic carbocycles. The summed E-state index contributed by atoms with van der Waals surface area (Å²) >= 11 is 0. The second kappa shape index (κ2) is 13.9. The molecule has 1 N–H and O–H groups in total. The Morgan fingerprint density at radius 2 is 1.59 bits per heavy atom. The molecular weight excluding hydrogens is 440 g/mol. The molecular formula is C20H34N2O9Si. The molecule has 0 saturated heterocycles. The Labute approximate surface area is 189 Å². The molecule has 1 aromatic carbocycles. The molecule has 12 heteroatoms. The molecule has 0 bridgehead atoms. The molecule has 0 aromatic heterocycles. The van der Waals surface area contributed by atoms with Gasteiger partial charge in [0, 0.05) is 32.4 Å². The van der Waals surface area contributed by atoms with Crippen molar-refractivity contribution in [3.8, 4) is 11.5 Å². The van der Waals surface area contributed by atoms with Gasteiger partial charge in [0.2, 0.25) is 0 Å². The maximum absolute atomic E-state index is 12.2. The van der Waals surface area contributed by atoms with Crippen LogP contribution in [0.25, 0.3) is 0 Å². The van der Waals surface area contributed by atoms with Crippen molar-refractivity contribution in [2.24, 2.45) is 0 Å². The fourth-order valence-corrected chi connectivity index (χ4v) is 5.74. The lowest BCUT2D eigenvalue weighted by molar-refractivity contribution is -0.386. The maximum Gasteiger partial charge on any atom is 0.500 e. The van der Waals surface area contributed by atoms with E-state index in [9.17, 15) is 14.9 Å². The molecule has 0 spiro atoms. The van der Waals surface area contributed by atoms with E-state index in [1.165, 1.54) is 26.4 Å². The Kier molecular flexibility index (Phi) is 12.0. The molecule has 1 unspecified atom stereocenters. The van der Waals surface area contributed by atoms with E-state index in [2.05, 4.69) is 5.32 Å². The van der Waals surface area contributed by atoms with Gasteiger partial charge in [0.25, 0.3) is 5.69 Å². The third-order valence-corrected chi connectivity index (χ3v) is 7.62. The Morgan fingerprint density at radius 3 is 2.06 bits per heavy atom. The fraction of sp³-hybridized carbons (Fsp3) is 0.650. The van der Waals surface area contributed by atoms with Gasteiger partial charge >= 0.3 is 14.9 Å². The highest BCUT2D eigenvalue weighted by Gasteiger charge is 2.39. The van der Waals surface area contributed by atoms with Crippen LogP contribution in [0.15, 0.2) is 12.1 Å². The number of nitrogens with one attached hydrogen (secondary N) is 1. The van der Waals surface area contributed by atoms with Gasteiger partial charge in [0.15, 0.2) is 11.5 Å². The van der Waals surface area contributed by atoms with Crippen molar-refractivity contribution in [1.82, 2.24) is 5.32 Å². The zero-order valence-electron chi connectivity index (χ0n) is 19.6. The summed E-state index contributed by atoms with van der Waals surface area (Å²) in [6, 6.07) is 3.21. The number of amides is 1. The van der Waals surface area contributed by atoms with Gasteiger partial charge in [-0.05, 0) is 40.2 Å². The number of benzene rings is 1. The fourth-order valence-electron chi connectivity index (χ4n) is 3.13. The van der Waals surface area contributed by atoms with Crippen LogP contribution in [0, 0.1) is 10.1 Å². The third kappa shape index (κ3) is 7.93. The lowest BCUT2D eigenvalue weighted by atomic mass is 10.1. The molecule has 1 atom stereocenters. The largest absolute Gasteiger partial charge is 0.500 e. The molecule has 0 radical (unpaired) electrons. The first-order chi connectivity index (χ1) is 15.3. The van der Waals surface area contributed by atoms with Crippen molar-refractivity contribution in [1.29, 1.82) is 0 Å². The van der Waals surface area contributed by atoms with Gasteiger partial charge in [-0.15, -0.1) is 0 Å². The average molecular weight is 475 g/mol. The number of nitro groups is 1. The first kappa shape index (κ1) is 27.6. The van der Waals surface area contributed by atoms with Crippen molar-refractivity contribution in [2.75, 3.05) is 40.6 Å². The monoisotopic (exact) mass is 474 g/mol. The second-order valence-corrected chi connectivity index (χ2v) is 9.32. The minimum Gasteiger partial charge on any atom is -0.493 e. The normalized spacial score (nSPS) is 12.2. The molecule has 0 fully saturated rings. The van der Waals surface area contributed by atoms with E-state index in [1.807, 2.05) is 20.8 Å². The number of hydrogen-bond acceptors (Lipinski definition) is 9. The average Bonchev–Trinajstić information content (AvgIpc) is 2.76. The smallest absolute Gasteiger partial charge is 0.493 e. The SMILES string of the molecule is CCO[Si](CCCNC(=O)OC(C)c1cc(OC)c(OC)cc1[N+](=O)[O-])(OCC)OCC. The van der Waals surface area contributed by atoms with Crippen molar-refractivity contribution < 1.29 is 37.2 Å². The van der Waals surface area contributed by atoms with E-state index < -0.39 is 25.9 Å². The number of rotatable bonds is 15. The summed E-state index contributed by atoms with van der Waals surface area (Å²) in [5.74, 6) is 0.512. The molecule has 32 heavy (non-hydrogen) atoms. The van der Waals surface area contributed by atoms with Gasteiger partial charge in [-0.2, -0.15) is 0 Å². The quantitative estimate of drug-likeness (QED) is 0.174. The van der Waals surface area contributed by atoms with E-state index in [-0.39, 0.29) is 17.0 Å². The summed E-state index contributed by atoms with van der Waals surface area (Å²) in [5.41, 5.74) is -0.0397. The molecule has 1 aromatic rings. The first-order valence-corrected chi connectivity index (χ1v) is 12.5. The predicted octanol–water partition coefficient (Wildman–Crippen LogP) is 3.84. The molecule has 11 nitrogen and oxygen atoms in total. The summed E-state index contributed by atoms with van der Waals surface area (Å²) in [5, 5.41) is 14.1. The molecule has 182 valence electrons. The van der Waals surface area contributed by atoms with E-state index in [0.717, 1.165) is 0 Å². The molecule has 0 aliphatic rings. The standard InChI is InChI=1S/C20H34N2O9Si/c1-7-28-32(29-8-2,30-9-3)12-10-11-21-20(23)31-15(4)16-13-18(26-5)19(27-6)14-17(16)22(24)25/h13-15H,7-12H2,1-6H3,(H,21,23). The van der Waals surface area contributed by atoms with Crippen LogP contribution in [0.2, 0.25) is 6.04 Å². The highest BCUT2D eigenvalue weighted by Crippen LogP contribution is 2.38. The minimum atomic E-state index is -2.78. The first-order valence-electron chi connectivity index (χ1n) is 10.5. The Bertz CT molecular complexity index is 731. The molecule has 1 rings (SSSR count). The number of alkyl carbamates (subject to hydrolysis) is 1. The summed E-state index contributed by atoms with van der Waals surface area (Å²) < 4.78 is 33.0. The van der Waals surface area contributed by atoms with E-state index >= 15 is 0 Å². The number of hydrogen-bond donors (Lipinski definition) is 1. The lowest BCUT2D eigenvalue weighted by Gasteiger charge is -2.28. The van der Waals surface area contributed by atoms with Crippen LogP contribution in [0.3, 0.4) is 0 Å². The molecule has 0 saturated carbocycles. The van der Waals surface area contributed by atoms with Crippen molar-refractivity contribution >= 4 is 20.6 Å². The third-order valence-electron chi connectivity index (χ3n) is 4.47. The van der Waals surface area contributed by atoms with E-state index in [4.69, 9.17) is 27.5 Å². The van der Waals surface area contributed by atoms with Crippen LogP contribution in [-0.2, 0) is 18.0 Å². The lowest BCUT2D eigenvalue weighted by Crippen LogP contribution is -2.46. The number of nitro benzene ring substituents is 1. The van der Waals surface area contributed by atoms with Crippen LogP contribution in [-0.4, -0.2) is 60.4 Å². The molecule has 0 heterocycles. The number of carbonyl (C=O) groups is 1. The zero-order chi connectivity index (χ0) is 24.1. The number of nitrogens with zero attached hydrogens (tertiary/aromatic N) is 1. The minimum absolute atomic E-state index is 0.193. The van der Waals surface area contributed by atoms with Gasteiger partial charge in [-0.3, -0.25) is 10.1 Å². The van der Waals surface area contributed by atoms with Crippen LogP contribution >= 0.6 is 0 Å². The van der Waals surface area contributed by atoms with Crippen molar-refractivity contribution in [3.63, 3.8) is 0 Å². The summed E-state index contributed by atoms with van der Waals surface area (Å²) in [4.78, 5) is 23.2. The number of ether oxygens (including phenoxy) is 3. The number of carbonyl (C=O) groups excluding carboxylic acids is 1. The Morgan fingerprint density at radius 1 is 1.06 bits per heavy atom. The highest BCUT2D eigenvalue weighted by atomic mass is 28.4. The van der Waals surface area contributed by atoms with Gasteiger partial charge in [0.1, 0.15) is 6.10 Å². The van der Waals surface area contributed by atoms with Gasteiger partial charge < -0.3 is 32.8 Å². The van der Waals surface area contributed by atoms with Crippen LogP contribution in [0.4, 0.5) is 10.5 Å². The summed E-state index contributed by atoms with van der Waals surface area (Å²) in [6.07, 6.45) is -1.02.